The lowest BCUT2D eigenvalue weighted by molar-refractivity contribution is 0.662. The normalized spacial score (nSPS) is 19.1. The summed E-state index contributed by atoms with van der Waals surface area (Å²) in [5, 5.41) is 5.63. The van der Waals surface area contributed by atoms with Crippen LogP contribution in [0.15, 0.2) is 16.2 Å². The van der Waals surface area contributed by atoms with Crippen molar-refractivity contribution in [3.63, 3.8) is 0 Å². The second-order valence-electron chi connectivity index (χ2n) is 3.69. The lowest BCUT2D eigenvalue weighted by Gasteiger charge is -2.07. The Morgan fingerprint density at radius 2 is 2.35 bits per heavy atom. The van der Waals surface area contributed by atoms with E-state index in [-0.39, 0.29) is 12.4 Å². The molecule has 1 aromatic rings. The second kappa shape index (κ2) is 7.69. The van der Waals surface area contributed by atoms with Gasteiger partial charge in [0.05, 0.1) is 0 Å². The van der Waals surface area contributed by atoms with Crippen LogP contribution >= 0.6 is 47.5 Å². The molecule has 1 saturated heterocycles. The molecule has 0 spiro atoms. The van der Waals surface area contributed by atoms with Crippen molar-refractivity contribution in [1.82, 2.24) is 15.3 Å². The molecule has 0 bridgehead atoms. The van der Waals surface area contributed by atoms with E-state index < -0.39 is 0 Å². The average Bonchev–Trinajstić information content (AvgIpc) is 2.78. The van der Waals surface area contributed by atoms with Crippen LogP contribution in [0, 0.1) is 5.92 Å². The number of hydrogen-bond acceptors (Lipinski definition) is 5. The van der Waals surface area contributed by atoms with Gasteiger partial charge < -0.3 is 5.32 Å². The van der Waals surface area contributed by atoms with Crippen LogP contribution in [0.2, 0.25) is 5.15 Å². The SMILES string of the molecule is CSc1nc(Cl)cc(SCC2CCNC2)n1.Cl. The van der Waals surface area contributed by atoms with Crippen molar-refractivity contribution in [2.24, 2.45) is 5.92 Å². The molecule has 0 radical (unpaired) electrons. The molecule has 0 aromatic carbocycles. The number of aromatic nitrogens is 2. The first-order valence-electron chi connectivity index (χ1n) is 5.20. The molecule has 96 valence electrons. The molecule has 2 heterocycles. The molecule has 7 heteroatoms. The Morgan fingerprint density at radius 1 is 1.53 bits per heavy atom. The van der Waals surface area contributed by atoms with Gasteiger partial charge in [-0.15, -0.1) is 24.2 Å². The number of hydrogen-bond donors (Lipinski definition) is 1. The molecule has 17 heavy (non-hydrogen) atoms. The summed E-state index contributed by atoms with van der Waals surface area (Å²) < 4.78 is 0. The van der Waals surface area contributed by atoms with Gasteiger partial charge in [0.1, 0.15) is 10.2 Å². The van der Waals surface area contributed by atoms with Crippen molar-refractivity contribution in [1.29, 1.82) is 0 Å². The molecule has 1 unspecified atom stereocenters. The fraction of sp³-hybridized carbons (Fsp3) is 0.600. The summed E-state index contributed by atoms with van der Waals surface area (Å²) in [7, 11) is 0. The van der Waals surface area contributed by atoms with Crippen molar-refractivity contribution < 1.29 is 0 Å². The van der Waals surface area contributed by atoms with Crippen LogP contribution in [0.25, 0.3) is 0 Å². The number of thioether (sulfide) groups is 2. The van der Waals surface area contributed by atoms with Crippen LogP contribution < -0.4 is 5.32 Å². The zero-order valence-corrected chi connectivity index (χ0v) is 12.7. The van der Waals surface area contributed by atoms with Crippen molar-refractivity contribution in [3.8, 4) is 0 Å². The van der Waals surface area contributed by atoms with E-state index in [9.17, 15) is 0 Å². The van der Waals surface area contributed by atoms with E-state index in [1.807, 2.05) is 12.3 Å². The molecule has 1 atom stereocenters. The quantitative estimate of drug-likeness (QED) is 0.526. The van der Waals surface area contributed by atoms with Crippen LogP contribution in [0.5, 0.6) is 0 Å². The van der Waals surface area contributed by atoms with Crippen LogP contribution in [0.4, 0.5) is 0 Å². The standard InChI is InChI=1S/C10H14ClN3S2.ClH/c1-15-10-13-8(11)4-9(14-10)16-6-7-2-3-12-5-7;/h4,7,12H,2-3,5-6H2,1H3;1H. The Labute approximate surface area is 121 Å². The van der Waals surface area contributed by atoms with E-state index >= 15 is 0 Å². The summed E-state index contributed by atoms with van der Waals surface area (Å²) in [6, 6.07) is 1.84. The topological polar surface area (TPSA) is 37.8 Å². The molecule has 1 aromatic heterocycles. The highest BCUT2D eigenvalue weighted by Crippen LogP contribution is 2.25. The molecule has 2 rings (SSSR count). The summed E-state index contributed by atoms with van der Waals surface area (Å²) >= 11 is 9.23. The highest BCUT2D eigenvalue weighted by molar-refractivity contribution is 7.99. The van der Waals surface area contributed by atoms with Gasteiger partial charge in [-0.2, -0.15) is 0 Å². The maximum absolute atomic E-state index is 5.93. The third-order valence-corrected chi connectivity index (χ3v) is 4.35. The molecule has 1 aliphatic rings. The summed E-state index contributed by atoms with van der Waals surface area (Å²) in [6.07, 6.45) is 3.22. The first-order chi connectivity index (χ1) is 7.78. The van der Waals surface area contributed by atoms with Gasteiger partial charge in [-0.1, -0.05) is 23.4 Å². The molecule has 3 nitrogen and oxygen atoms in total. The largest absolute Gasteiger partial charge is 0.316 e. The van der Waals surface area contributed by atoms with Crippen LogP contribution in [0.1, 0.15) is 6.42 Å². The minimum absolute atomic E-state index is 0. The van der Waals surface area contributed by atoms with E-state index in [1.54, 1.807) is 11.8 Å². The number of nitrogens with one attached hydrogen (secondary N) is 1. The Hall–Kier alpha value is 0.320. The van der Waals surface area contributed by atoms with Crippen molar-refractivity contribution >= 4 is 47.5 Å². The number of rotatable bonds is 4. The summed E-state index contributed by atoms with van der Waals surface area (Å²) in [5.41, 5.74) is 0. The maximum atomic E-state index is 5.93. The average molecular weight is 312 g/mol. The van der Waals surface area contributed by atoms with E-state index in [0.29, 0.717) is 5.15 Å². The Balaban J connectivity index is 0.00000144. The van der Waals surface area contributed by atoms with Crippen molar-refractivity contribution in [3.05, 3.63) is 11.2 Å². The van der Waals surface area contributed by atoms with Gasteiger partial charge in [0.25, 0.3) is 0 Å². The second-order valence-corrected chi connectivity index (χ2v) is 5.89. The molecule has 1 N–H and O–H groups in total. The van der Waals surface area contributed by atoms with Crippen LogP contribution in [-0.2, 0) is 0 Å². The van der Waals surface area contributed by atoms with Gasteiger partial charge in [-0.25, -0.2) is 9.97 Å². The monoisotopic (exact) mass is 311 g/mol. The highest BCUT2D eigenvalue weighted by Gasteiger charge is 2.15. The number of halogens is 2. The summed E-state index contributed by atoms with van der Waals surface area (Å²) in [6.45, 7) is 2.27. The lowest BCUT2D eigenvalue weighted by atomic mass is 10.2. The van der Waals surface area contributed by atoms with Gasteiger partial charge >= 0.3 is 0 Å². The Morgan fingerprint density at radius 3 is 3.00 bits per heavy atom. The van der Waals surface area contributed by atoms with Gasteiger partial charge in [0.15, 0.2) is 5.16 Å². The zero-order chi connectivity index (χ0) is 11.4. The van der Waals surface area contributed by atoms with Crippen molar-refractivity contribution in [2.75, 3.05) is 25.1 Å². The minimum atomic E-state index is 0. The van der Waals surface area contributed by atoms with Gasteiger partial charge in [-0.05, 0) is 31.7 Å². The fourth-order valence-corrected chi connectivity index (χ4v) is 3.37. The third kappa shape index (κ3) is 4.83. The minimum Gasteiger partial charge on any atom is -0.316 e. The molecule has 0 saturated carbocycles. The first-order valence-corrected chi connectivity index (χ1v) is 7.79. The lowest BCUT2D eigenvalue weighted by Crippen LogP contribution is -2.10. The van der Waals surface area contributed by atoms with E-state index in [2.05, 4.69) is 15.3 Å². The molecule has 0 amide bonds. The molecule has 1 aliphatic heterocycles. The first kappa shape index (κ1) is 15.4. The molecule has 1 fully saturated rings. The number of nitrogens with zero attached hydrogens (tertiary/aromatic N) is 2. The van der Waals surface area contributed by atoms with Crippen LogP contribution in [-0.4, -0.2) is 35.1 Å². The smallest absolute Gasteiger partial charge is 0.189 e. The summed E-state index contributed by atoms with van der Waals surface area (Å²) in [5.74, 6) is 1.87. The molecular formula is C10H15Cl2N3S2. The van der Waals surface area contributed by atoms with E-state index in [4.69, 9.17) is 11.6 Å². The van der Waals surface area contributed by atoms with Crippen molar-refractivity contribution in [2.45, 2.75) is 16.6 Å². The van der Waals surface area contributed by atoms with Gasteiger partial charge in [-0.3, -0.25) is 0 Å². The third-order valence-electron chi connectivity index (χ3n) is 2.46. The zero-order valence-electron chi connectivity index (χ0n) is 9.48. The van der Waals surface area contributed by atoms with Gasteiger partial charge in [0.2, 0.25) is 0 Å². The highest BCUT2D eigenvalue weighted by atomic mass is 35.5. The molecule has 0 aliphatic carbocycles. The molecular weight excluding hydrogens is 297 g/mol. The predicted molar refractivity (Wildman–Crippen MR) is 77.8 cm³/mol. The summed E-state index contributed by atoms with van der Waals surface area (Å²) in [4.78, 5) is 8.55. The maximum Gasteiger partial charge on any atom is 0.189 e. The van der Waals surface area contributed by atoms with E-state index in [0.717, 1.165) is 34.9 Å². The van der Waals surface area contributed by atoms with Gasteiger partial charge in [0, 0.05) is 11.8 Å². The predicted octanol–water partition coefficient (Wildman–Crippen LogP) is 2.98. The fourth-order valence-electron chi connectivity index (χ4n) is 1.60. The Bertz CT molecular complexity index is 359. The Kier molecular flexibility index (Phi) is 6.95. The van der Waals surface area contributed by atoms with Crippen LogP contribution in [0.3, 0.4) is 0 Å². The van der Waals surface area contributed by atoms with E-state index in [1.165, 1.54) is 18.2 Å².